The molecular formula is C14H23NO4. The fourth-order valence-electron chi connectivity index (χ4n) is 3.40. The minimum atomic E-state index is -0.838. The van der Waals surface area contributed by atoms with Gasteiger partial charge in [0.15, 0.2) is 0 Å². The first kappa shape index (κ1) is 14.3. The van der Waals surface area contributed by atoms with E-state index in [4.69, 9.17) is 4.74 Å². The second-order valence-electron chi connectivity index (χ2n) is 5.66. The number of aliphatic carboxylic acids is 1. The van der Waals surface area contributed by atoms with Crippen molar-refractivity contribution in [3.8, 4) is 0 Å². The molecular weight excluding hydrogens is 246 g/mol. The predicted octanol–water partition coefficient (Wildman–Crippen LogP) is 1.56. The van der Waals surface area contributed by atoms with Crippen LogP contribution in [0.1, 0.15) is 44.9 Å². The van der Waals surface area contributed by atoms with E-state index in [1.165, 1.54) is 0 Å². The lowest BCUT2D eigenvalue weighted by molar-refractivity contribution is -0.149. The molecule has 0 aliphatic heterocycles. The zero-order valence-corrected chi connectivity index (χ0v) is 11.4. The van der Waals surface area contributed by atoms with Crippen molar-refractivity contribution in [2.75, 3.05) is 7.11 Å². The molecule has 0 heterocycles. The van der Waals surface area contributed by atoms with Crippen LogP contribution >= 0.6 is 0 Å². The van der Waals surface area contributed by atoms with Crippen molar-refractivity contribution in [3.63, 3.8) is 0 Å². The molecule has 2 saturated carbocycles. The summed E-state index contributed by atoms with van der Waals surface area (Å²) < 4.78 is 5.36. The zero-order valence-electron chi connectivity index (χ0n) is 11.4. The molecule has 0 spiro atoms. The molecule has 2 aliphatic rings. The summed E-state index contributed by atoms with van der Waals surface area (Å²) in [5, 5.41) is 12.2. The molecule has 0 radical (unpaired) electrons. The first-order valence-corrected chi connectivity index (χ1v) is 7.19. The van der Waals surface area contributed by atoms with Crippen LogP contribution in [0.2, 0.25) is 0 Å². The standard InChI is InChI=1S/C14H23NO4/c1-19-12-8-4-7-11(12)15-13(16)9-5-2-3-6-10(9)14(17)18/h9-12H,2-8H2,1H3,(H,15,16)(H,17,18). The van der Waals surface area contributed by atoms with Crippen LogP contribution < -0.4 is 5.32 Å². The Hall–Kier alpha value is -1.10. The molecule has 1 amide bonds. The minimum Gasteiger partial charge on any atom is -0.481 e. The van der Waals surface area contributed by atoms with E-state index in [1.807, 2.05) is 0 Å². The van der Waals surface area contributed by atoms with Gasteiger partial charge in [0.1, 0.15) is 0 Å². The molecule has 2 fully saturated rings. The normalized spacial score (nSPS) is 35.0. The number of carbonyl (C=O) groups is 2. The van der Waals surface area contributed by atoms with Crippen LogP contribution in [0.4, 0.5) is 0 Å². The maximum absolute atomic E-state index is 12.3. The monoisotopic (exact) mass is 269 g/mol. The van der Waals surface area contributed by atoms with Gasteiger partial charge in [0, 0.05) is 7.11 Å². The number of hydrogen-bond donors (Lipinski definition) is 2. The van der Waals surface area contributed by atoms with Gasteiger partial charge in [-0.2, -0.15) is 0 Å². The minimum absolute atomic E-state index is 0.0499. The fourth-order valence-corrected chi connectivity index (χ4v) is 3.40. The van der Waals surface area contributed by atoms with Crippen molar-refractivity contribution in [1.82, 2.24) is 5.32 Å². The number of amides is 1. The molecule has 2 N–H and O–H groups in total. The summed E-state index contributed by atoms with van der Waals surface area (Å²) in [5.74, 6) is -1.82. The first-order valence-electron chi connectivity index (χ1n) is 7.19. The van der Waals surface area contributed by atoms with Gasteiger partial charge in [-0.25, -0.2) is 0 Å². The molecule has 5 nitrogen and oxygen atoms in total. The molecule has 4 unspecified atom stereocenters. The number of carbonyl (C=O) groups excluding carboxylic acids is 1. The van der Waals surface area contributed by atoms with E-state index >= 15 is 0 Å². The largest absolute Gasteiger partial charge is 0.481 e. The Morgan fingerprint density at radius 2 is 1.74 bits per heavy atom. The number of nitrogens with one attached hydrogen (secondary N) is 1. The highest BCUT2D eigenvalue weighted by Gasteiger charge is 2.38. The number of ether oxygens (including phenoxy) is 1. The summed E-state index contributed by atoms with van der Waals surface area (Å²) in [6, 6.07) is 0.0499. The second kappa shape index (κ2) is 6.37. The number of carboxylic acids is 1. The lowest BCUT2D eigenvalue weighted by Gasteiger charge is -2.29. The van der Waals surface area contributed by atoms with Crippen LogP contribution in [-0.4, -0.2) is 36.2 Å². The Balaban J connectivity index is 1.95. The van der Waals surface area contributed by atoms with E-state index < -0.39 is 11.9 Å². The molecule has 108 valence electrons. The number of methoxy groups -OCH3 is 1. The topological polar surface area (TPSA) is 75.6 Å². The number of carboxylic acid groups (broad SMARTS) is 1. The van der Waals surface area contributed by atoms with Crippen molar-refractivity contribution in [3.05, 3.63) is 0 Å². The molecule has 0 aromatic carbocycles. The van der Waals surface area contributed by atoms with Gasteiger partial charge in [0.25, 0.3) is 0 Å². The average molecular weight is 269 g/mol. The van der Waals surface area contributed by atoms with Gasteiger partial charge in [0.2, 0.25) is 5.91 Å². The van der Waals surface area contributed by atoms with Crippen molar-refractivity contribution < 1.29 is 19.4 Å². The number of rotatable bonds is 4. The van der Waals surface area contributed by atoms with E-state index in [-0.39, 0.29) is 24.0 Å². The molecule has 0 aromatic rings. The fraction of sp³-hybridized carbons (Fsp3) is 0.857. The van der Waals surface area contributed by atoms with Crippen LogP contribution in [0.5, 0.6) is 0 Å². The average Bonchev–Trinajstić information content (AvgIpc) is 2.85. The number of hydrogen-bond acceptors (Lipinski definition) is 3. The van der Waals surface area contributed by atoms with Crippen LogP contribution in [-0.2, 0) is 14.3 Å². The van der Waals surface area contributed by atoms with Crippen molar-refractivity contribution in [2.45, 2.75) is 57.1 Å². The van der Waals surface area contributed by atoms with Gasteiger partial charge in [0.05, 0.1) is 24.0 Å². The molecule has 5 heteroatoms. The van der Waals surface area contributed by atoms with E-state index in [0.29, 0.717) is 12.8 Å². The van der Waals surface area contributed by atoms with Crippen LogP contribution in [0.25, 0.3) is 0 Å². The molecule has 2 aliphatic carbocycles. The van der Waals surface area contributed by atoms with Gasteiger partial charge in [-0.15, -0.1) is 0 Å². The van der Waals surface area contributed by atoms with Gasteiger partial charge in [-0.3, -0.25) is 9.59 Å². The van der Waals surface area contributed by atoms with Crippen molar-refractivity contribution in [1.29, 1.82) is 0 Å². The summed E-state index contributed by atoms with van der Waals surface area (Å²) >= 11 is 0. The highest BCUT2D eigenvalue weighted by Crippen LogP contribution is 2.31. The Kier molecular flexibility index (Phi) is 4.80. The van der Waals surface area contributed by atoms with E-state index in [1.54, 1.807) is 7.11 Å². The maximum atomic E-state index is 12.3. The van der Waals surface area contributed by atoms with Gasteiger partial charge in [-0.1, -0.05) is 12.8 Å². The lowest BCUT2D eigenvalue weighted by Crippen LogP contribution is -2.46. The first-order chi connectivity index (χ1) is 9.13. The molecule has 0 aromatic heterocycles. The smallest absolute Gasteiger partial charge is 0.307 e. The lowest BCUT2D eigenvalue weighted by atomic mass is 9.78. The van der Waals surface area contributed by atoms with Gasteiger partial charge in [-0.05, 0) is 32.1 Å². The van der Waals surface area contributed by atoms with Crippen molar-refractivity contribution in [2.24, 2.45) is 11.8 Å². The molecule has 2 rings (SSSR count). The summed E-state index contributed by atoms with van der Waals surface area (Å²) in [7, 11) is 1.66. The highest BCUT2D eigenvalue weighted by atomic mass is 16.5. The zero-order chi connectivity index (χ0) is 13.8. The third-order valence-corrected chi connectivity index (χ3v) is 4.50. The quantitative estimate of drug-likeness (QED) is 0.812. The summed E-state index contributed by atoms with van der Waals surface area (Å²) in [6.45, 7) is 0. The Morgan fingerprint density at radius 1 is 1.05 bits per heavy atom. The second-order valence-corrected chi connectivity index (χ2v) is 5.66. The SMILES string of the molecule is COC1CCCC1NC(=O)C1CCCCC1C(=O)O. The van der Waals surface area contributed by atoms with E-state index in [2.05, 4.69) is 5.32 Å². The van der Waals surface area contributed by atoms with Crippen LogP contribution in [0.3, 0.4) is 0 Å². The Morgan fingerprint density at radius 3 is 2.37 bits per heavy atom. The van der Waals surface area contributed by atoms with E-state index in [0.717, 1.165) is 32.1 Å². The van der Waals surface area contributed by atoms with Crippen LogP contribution in [0.15, 0.2) is 0 Å². The Bertz CT molecular complexity index is 344. The summed E-state index contributed by atoms with van der Waals surface area (Å²) in [5.41, 5.74) is 0. The maximum Gasteiger partial charge on any atom is 0.307 e. The third-order valence-electron chi connectivity index (χ3n) is 4.50. The summed E-state index contributed by atoms with van der Waals surface area (Å²) in [4.78, 5) is 23.5. The van der Waals surface area contributed by atoms with Gasteiger partial charge < -0.3 is 15.2 Å². The third kappa shape index (κ3) is 3.26. The molecule has 0 bridgehead atoms. The van der Waals surface area contributed by atoms with E-state index in [9.17, 15) is 14.7 Å². The molecule has 4 atom stereocenters. The van der Waals surface area contributed by atoms with Gasteiger partial charge >= 0.3 is 5.97 Å². The van der Waals surface area contributed by atoms with Crippen molar-refractivity contribution >= 4 is 11.9 Å². The highest BCUT2D eigenvalue weighted by molar-refractivity contribution is 5.85. The Labute approximate surface area is 113 Å². The summed E-state index contributed by atoms with van der Waals surface area (Å²) in [6.07, 6.45) is 6.18. The van der Waals surface area contributed by atoms with Crippen LogP contribution in [0, 0.1) is 11.8 Å². The molecule has 0 saturated heterocycles. The molecule has 19 heavy (non-hydrogen) atoms. The predicted molar refractivity (Wildman–Crippen MR) is 69.7 cm³/mol.